The summed E-state index contributed by atoms with van der Waals surface area (Å²) in [5.74, 6) is 1.00. The van der Waals surface area contributed by atoms with Gasteiger partial charge in [-0.3, -0.25) is 9.89 Å². The van der Waals surface area contributed by atoms with Crippen LogP contribution in [0, 0.1) is 5.92 Å². The van der Waals surface area contributed by atoms with Gasteiger partial charge >= 0.3 is 12.3 Å². The molecule has 0 aliphatic carbocycles. The van der Waals surface area contributed by atoms with Crippen LogP contribution < -0.4 is 10.6 Å². The molecule has 10 heteroatoms. The number of carbonyl (C=O) groups excluding carboxylic acids is 1. The second-order valence-electron chi connectivity index (χ2n) is 7.36. The van der Waals surface area contributed by atoms with Crippen LogP contribution in [0.4, 0.5) is 18.0 Å². The molecule has 0 radical (unpaired) electrons. The summed E-state index contributed by atoms with van der Waals surface area (Å²) in [4.78, 5) is 19.4. The highest BCUT2D eigenvalue weighted by molar-refractivity contribution is 5.80. The molecule has 7 nitrogen and oxygen atoms in total. The normalized spacial score (nSPS) is 18.8. The number of guanidine groups is 1. The number of carbonyl (C=O) groups is 1. The molecule has 2 atom stereocenters. The van der Waals surface area contributed by atoms with Gasteiger partial charge in [-0.15, -0.1) is 0 Å². The second-order valence-corrected chi connectivity index (χ2v) is 7.36. The molecule has 1 fully saturated rings. The Bertz CT molecular complexity index is 506. The fourth-order valence-electron chi connectivity index (χ4n) is 3.18. The SMILES string of the molecule is CCOC(=O)NC(CNC(=NC)N1CCN(C(C)C(F)(F)F)CC1)CC(C)C. The first-order valence-corrected chi connectivity index (χ1v) is 9.78. The Balaban J connectivity index is 2.58. The van der Waals surface area contributed by atoms with Gasteiger partial charge in [0.2, 0.25) is 0 Å². The molecule has 0 bridgehead atoms. The van der Waals surface area contributed by atoms with E-state index in [9.17, 15) is 18.0 Å². The number of amides is 1. The first kappa shape index (κ1) is 24.3. The Labute approximate surface area is 165 Å². The number of nitrogens with zero attached hydrogens (tertiary/aromatic N) is 3. The first-order valence-electron chi connectivity index (χ1n) is 9.78. The van der Waals surface area contributed by atoms with Crippen LogP contribution in [0.25, 0.3) is 0 Å². The molecule has 0 aromatic rings. The van der Waals surface area contributed by atoms with E-state index in [-0.39, 0.29) is 6.04 Å². The number of ether oxygens (including phenoxy) is 1. The molecule has 0 aromatic heterocycles. The maximum absolute atomic E-state index is 12.9. The minimum atomic E-state index is -4.22. The van der Waals surface area contributed by atoms with Gasteiger partial charge in [0, 0.05) is 45.8 Å². The topological polar surface area (TPSA) is 69.2 Å². The Morgan fingerprint density at radius 1 is 1.18 bits per heavy atom. The predicted octanol–water partition coefficient (Wildman–Crippen LogP) is 2.29. The fourth-order valence-corrected chi connectivity index (χ4v) is 3.18. The molecule has 164 valence electrons. The van der Waals surface area contributed by atoms with Crippen molar-refractivity contribution in [1.82, 2.24) is 20.4 Å². The predicted molar refractivity (Wildman–Crippen MR) is 103 cm³/mol. The van der Waals surface area contributed by atoms with Gasteiger partial charge in [-0.05, 0) is 26.2 Å². The van der Waals surface area contributed by atoms with E-state index in [0.29, 0.717) is 51.2 Å². The number of halogens is 3. The lowest BCUT2D eigenvalue weighted by Crippen LogP contribution is -2.57. The van der Waals surface area contributed by atoms with E-state index in [0.717, 1.165) is 6.42 Å². The molecule has 2 N–H and O–H groups in total. The number of rotatable bonds is 7. The largest absolute Gasteiger partial charge is 0.450 e. The van der Waals surface area contributed by atoms with Crippen LogP contribution in [0.15, 0.2) is 4.99 Å². The highest BCUT2D eigenvalue weighted by atomic mass is 19.4. The van der Waals surface area contributed by atoms with Crippen LogP contribution in [-0.2, 0) is 4.74 Å². The van der Waals surface area contributed by atoms with Gasteiger partial charge in [-0.1, -0.05) is 13.8 Å². The number of hydrogen-bond acceptors (Lipinski definition) is 4. The fraction of sp³-hybridized carbons (Fsp3) is 0.889. The van der Waals surface area contributed by atoms with Crippen LogP contribution in [0.5, 0.6) is 0 Å². The van der Waals surface area contributed by atoms with Crippen molar-refractivity contribution in [3.05, 3.63) is 0 Å². The Kier molecular flexibility index (Phi) is 9.84. The summed E-state index contributed by atoms with van der Waals surface area (Å²) in [6.07, 6.45) is -3.91. The van der Waals surface area contributed by atoms with E-state index in [4.69, 9.17) is 4.74 Å². The molecular formula is C18H34F3N5O2. The first-order chi connectivity index (χ1) is 13.1. The van der Waals surface area contributed by atoms with E-state index in [1.54, 1.807) is 14.0 Å². The van der Waals surface area contributed by atoms with Crippen LogP contribution >= 0.6 is 0 Å². The van der Waals surface area contributed by atoms with Gasteiger partial charge in [-0.2, -0.15) is 13.2 Å². The van der Waals surface area contributed by atoms with E-state index < -0.39 is 18.3 Å². The van der Waals surface area contributed by atoms with Gasteiger partial charge < -0.3 is 20.3 Å². The van der Waals surface area contributed by atoms with Crippen molar-refractivity contribution in [3.63, 3.8) is 0 Å². The molecule has 28 heavy (non-hydrogen) atoms. The van der Waals surface area contributed by atoms with Crippen LogP contribution in [0.1, 0.15) is 34.1 Å². The average molecular weight is 409 g/mol. The van der Waals surface area contributed by atoms with E-state index >= 15 is 0 Å². The van der Waals surface area contributed by atoms with Crippen molar-refractivity contribution >= 4 is 12.1 Å². The van der Waals surface area contributed by atoms with Crippen molar-refractivity contribution in [2.75, 3.05) is 46.4 Å². The van der Waals surface area contributed by atoms with Gasteiger partial charge in [0.25, 0.3) is 0 Å². The summed E-state index contributed by atoms with van der Waals surface area (Å²) in [7, 11) is 1.64. The molecule has 1 saturated heterocycles. The van der Waals surface area contributed by atoms with Gasteiger partial charge in [0.05, 0.1) is 6.61 Å². The zero-order valence-electron chi connectivity index (χ0n) is 17.5. The van der Waals surface area contributed by atoms with Gasteiger partial charge in [0.15, 0.2) is 5.96 Å². The standard InChI is InChI=1S/C18H34F3N5O2/c1-6-28-17(27)24-15(11-13(2)3)12-23-16(22-5)26-9-7-25(8-10-26)14(4)18(19,20)21/h13-15H,6-12H2,1-5H3,(H,22,23)(H,24,27). The number of alkyl carbamates (subject to hydrolysis) is 1. The molecular weight excluding hydrogens is 375 g/mol. The van der Waals surface area contributed by atoms with Crippen molar-refractivity contribution < 1.29 is 22.7 Å². The Hall–Kier alpha value is -1.71. The van der Waals surface area contributed by atoms with Crippen molar-refractivity contribution in [2.24, 2.45) is 10.9 Å². The van der Waals surface area contributed by atoms with Crippen LogP contribution in [-0.4, -0.2) is 86.5 Å². The summed E-state index contributed by atoms with van der Waals surface area (Å²) >= 11 is 0. The number of hydrogen-bond donors (Lipinski definition) is 2. The lowest BCUT2D eigenvalue weighted by atomic mass is 10.0. The van der Waals surface area contributed by atoms with Gasteiger partial charge in [0.1, 0.15) is 6.04 Å². The van der Waals surface area contributed by atoms with Crippen LogP contribution in [0.2, 0.25) is 0 Å². The molecule has 0 saturated carbocycles. The van der Waals surface area contributed by atoms with E-state index in [1.807, 2.05) is 4.90 Å². The van der Waals surface area contributed by atoms with Crippen molar-refractivity contribution in [1.29, 1.82) is 0 Å². The minimum absolute atomic E-state index is 0.137. The summed E-state index contributed by atoms with van der Waals surface area (Å²) in [5.41, 5.74) is 0. The number of aliphatic imine (C=N–C) groups is 1. The summed E-state index contributed by atoms with van der Waals surface area (Å²) in [6, 6.07) is -1.59. The lowest BCUT2D eigenvalue weighted by Gasteiger charge is -2.39. The highest BCUT2D eigenvalue weighted by Crippen LogP contribution is 2.25. The van der Waals surface area contributed by atoms with Crippen molar-refractivity contribution in [2.45, 2.75) is 52.4 Å². The molecule has 0 aromatic carbocycles. The van der Waals surface area contributed by atoms with E-state index in [1.165, 1.54) is 11.8 Å². The van der Waals surface area contributed by atoms with E-state index in [2.05, 4.69) is 29.5 Å². The summed E-state index contributed by atoms with van der Waals surface area (Å²) in [5, 5.41) is 6.07. The van der Waals surface area contributed by atoms with Crippen molar-refractivity contribution in [3.8, 4) is 0 Å². The Morgan fingerprint density at radius 3 is 2.25 bits per heavy atom. The number of nitrogens with one attached hydrogen (secondary N) is 2. The highest BCUT2D eigenvalue weighted by Gasteiger charge is 2.41. The monoisotopic (exact) mass is 409 g/mol. The maximum Gasteiger partial charge on any atom is 0.407 e. The Morgan fingerprint density at radius 2 is 1.79 bits per heavy atom. The maximum atomic E-state index is 12.9. The molecule has 1 aliphatic rings. The smallest absolute Gasteiger partial charge is 0.407 e. The lowest BCUT2D eigenvalue weighted by molar-refractivity contribution is -0.181. The summed E-state index contributed by atoms with van der Waals surface area (Å²) in [6.45, 7) is 9.39. The summed E-state index contributed by atoms with van der Waals surface area (Å²) < 4.78 is 43.6. The molecule has 0 spiro atoms. The molecule has 1 amide bonds. The average Bonchev–Trinajstić information content (AvgIpc) is 2.61. The minimum Gasteiger partial charge on any atom is -0.450 e. The van der Waals surface area contributed by atoms with Crippen LogP contribution in [0.3, 0.4) is 0 Å². The molecule has 1 aliphatic heterocycles. The zero-order chi connectivity index (χ0) is 21.3. The number of alkyl halides is 3. The molecule has 1 rings (SSSR count). The third-order valence-corrected chi connectivity index (χ3v) is 4.71. The van der Waals surface area contributed by atoms with Gasteiger partial charge in [-0.25, -0.2) is 4.79 Å². The third kappa shape index (κ3) is 8.12. The number of piperazine rings is 1. The molecule has 2 unspecified atom stereocenters. The third-order valence-electron chi connectivity index (χ3n) is 4.71. The molecule has 1 heterocycles. The second kappa shape index (κ2) is 11.3. The zero-order valence-corrected chi connectivity index (χ0v) is 17.5. The quantitative estimate of drug-likeness (QED) is 0.499.